The molecule has 0 N–H and O–H groups in total. The van der Waals surface area contributed by atoms with Crippen molar-refractivity contribution in [3.63, 3.8) is 0 Å². The van der Waals surface area contributed by atoms with Crippen molar-refractivity contribution in [1.29, 1.82) is 0 Å². The first-order valence-electron chi connectivity index (χ1n) is 5.15. The summed E-state index contributed by atoms with van der Waals surface area (Å²) >= 11 is 0. The third kappa shape index (κ3) is 3.22. The lowest BCUT2D eigenvalue weighted by Gasteiger charge is -2.28. The predicted octanol–water partition coefficient (Wildman–Crippen LogP) is -0.306. The molecular formula is C11H22IN. The summed E-state index contributed by atoms with van der Waals surface area (Å²) in [4.78, 5) is 0. The Morgan fingerprint density at radius 1 is 1.38 bits per heavy atom. The summed E-state index contributed by atoms with van der Waals surface area (Å²) in [6, 6.07) is 0. The Hall–Kier alpha value is 0.400. The molecule has 0 atom stereocenters. The van der Waals surface area contributed by atoms with Crippen molar-refractivity contribution in [2.24, 2.45) is 5.41 Å². The van der Waals surface area contributed by atoms with Gasteiger partial charge in [-0.25, -0.2) is 4.58 Å². The molecule has 0 fully saturated rings. The second-order valence-electron chi connectivity index (χ2n) is 4.61. The summed E-state index contributed by atoms with van der Waals surface area (Å²) in [6.45, 7) is 8.30. The molecule has 0 aromatic carbocycles. The van der Waals surface area contributed by atoms with Gasteiger partial charge in [0, 0.05) is 18.3 Å². The Morgan fingerprint density at radius 2 is 2.00 bits per heavy atom. The highest BCUT2D eigenvalue weighted by Crippen LogP contribution is 2.29. The average Bonchev–Trinajstić information content (AvgIpc) is 1.97. The van der Waals surface area contributed by atoms with E-state index < -0.39 is 0 Å². The van der Waals surface area contributed by atoms with Gasteiger partial charge in [-0.1, -0.05) is 20.8 Å². The predicted molar refractivity (Wildman–Crippen MR) is 54.0 cm³/mol. The van der Waals surface area contributed by atoms with Gasteiger partial charge in [0.05, 0.1) is 0 Å². The number of hydrogen-bond acceptors (Lipinski definition) is 0. The van der Waals surface area contributed by atoms with Crippen molar-refractivity contribution in [3.05, 3.63) is 0 Å². The summed E-state index contributed by atoms with van der Waals surface area (Å²) < 4.78 is 2.47. The van der Waals surface area contributed by atoms with E-state index in [0.717, 1.165) is 0 Å². The van der Waals surface area contributed by atoms with Gasteiger partial charge >= 0.3 is 0 Å². The van der Waals surface area contributed by atoms with Crippen LogP contribution in [0.25, 0.3) is 0 Å². The van der Waals surface area contributed by atoms with Gasteiger partial charge in [-0.3, -0.25) is 0 Å². The lowest BCUT2D eigenvalue weighted by atomic mass is 9.78. The van der Waals surface area contributed by atoms with Gasteiger partial charge in [-0.05, 0) is 12.8 Å². The standard InChI is InChI=1S/C11H22N.HI/c1-5-7-10-11(2,3)8-6-9-12(10)4;/h5-9H2,1-4H3;1H/q+1;/p-1. The van der Waals surface area contributed by atoms with Crippen LogP contribution in [0.2, 0.25) is 0 Å². The SMILES string of the molecule is CCCC1=[N+](C)CCCC1(C)C.[I-]. The van der Waals surface area contributed by atoms with Gasteiger partial charge in [0.15, 0.2) is 5.71 Å². The zero-order valence-electron chi connectivity index (χ0n) is 9.36. The van der Waals surface area contributed by atoms with Crippen molar-refractivity contribution in [3.8, 4) is 0 Å². The molecule has 13 heavy (non-hydrogen) atoms. The van der Waals surface area contributed by atoms with E-state index in [2.05, 4.69) is 32.4 Å². The van der Waals surface area contributed by atoms with Crippen LogP contribution in [0.3, 0.4) is 0 Å². The molecule has 1 nitrogen and oxygen atoms in total. The third-order valence-corrected chi connectivity index (χ3v) is 3.02. The van der Waals surface area contributed by atoms with Crippen LogP contribution >= 0.6 is 0 Å². The maximum atomic E-state index is 2.47. The molecule has 2 heteroatoms. The molecule has 0 spiro atoms. The van der Waals surface area contributed by atoms with Crippen LogP contribution in [-0.2, 0) is 0 Å². The van der Waals surface area contributed by atoms with Crippen LogP contribution in [0.4, 0.5) is 0 Å². The largest absolute Gasteiger partial charge is 1.00 e. The third-order valence-electron chi connectivity index (χ3n) is 3.02. The smallest absolute Gasteiger partial charge is 0.157 e. The summed E-state index contributed by atoms with van der Waals surface area (Å²) in [5.74, 6) is 0. The van der Waals surface area contributed by atoms with Crippen LogP contribution in [0.15, 0.2) is 0 Å². The minimum Gasteiger partial charge on any atom is -1.00 e. The van der Waals surface area contributed by atoms with Gasteiger partial charge < -0.3 is 24.0 Å². The van der Waals surface area contributed by atoms with E-state index in [1.807, 2.05) is 0 Å². The molecule has 0 radical (unpaired) electrons. The van der Waals surface area contributed by atoms with Crippen LogP contribution in [0, 0.1) is 5.41 Å². The lowest BCUT2D eigenvalue weighted by Crippen LogP contribution is -3.00. The van der Waals surface area contributed by atoms with E-state index in [1.165, 1.54) is 32.2 Å². The van der Waals surface area contributed by atoms with Crippen LogP contribution in [-0.4, -0.2) is 23.9 Å². The van der Waals surface area contributed by atoms with Crippen LogP contribution in [0.5, 0.6) is 0 Å². The van der Waals surface area contributed by atoms with Gasteiger partial charge in [0.1, 0.15) is 13.6 Å². The van der Waals surface area contributed by atoms with E-state index in [1.54, 1.807) is 5.71 Å². The maximum absolute atomic E-state index is 2.47. The number of nitrogens with zero attached hydrogens (tertiary/aromatic N) is 1. The second kappa shape index (κ2) is 5.32. The molecule has 0 saturated carbocycles. The fraction of sp³-hybridized carbons (Fsp3) is 0.909. The lowest BCUT2D eigenvalue weighted by molar-refractivity contribution is -0.508. The minimum atomic E-state index is 0. The topological polar surface area (TPSA) is 3.01 Å². The summed E-state index contributed by atoms with van der Waals surface area (Å²) in [6.07, 6.45) is 5.29. The normalized spacial score (nSPS) is 21.2. The molecule has 0 aromatic rings. The summed E-state index contributed by atoms with van der Waals surface area (Å²) in [5, 5.41) is 0. The first kappa shape index (κ1) is 13.4. The molecule has 0 bridgehead atoms. The molecule has 1 rings (SSSR count). The molecule has 1 aliphatic rings. The van der Waals surface area contributed by atoms with E-state index in [4.69, 9.17) is 0 Å². The van der Waals surface area contributed by atoms with Crippen molar-refractivity contribution >= 4 is 5.71 Å². The fourth-order valence-corrected chi connectivity index (χ4v) is 2.32. The van der Waals surface area contributed by atoms with Crippen molar-refractivity contribution in [2.45, 2.75) is 46.5 Å². The molecule has 0 amide bonds. The zero-order valence-corrected chi connectivity index (χ0v) is 11.5. The Labute approximate surface area is 99.6 Å². The minimum absolute atomic E-state index is 0. The molecule has 1 aliphatic heterocycles. The Morgan fingerprint density at radius 3 is 2.46 bits per heavy atom. The first-order valence-corrected chi connectivity index (χ1v) is 5.15. The second-order valence-corrected chi connectivity index (χ2v) is 4.61. The Kier molecular flexibility index (Phi) is 5.49. The van der Waals surface area contributed by atoms with Crippen molar-refractivity contribution < 1.29 is 28.6 Å². The number of rotatable bonds is 2. The van der Waals surface area contributed by atoms with Crippen molar-refractivity contribution in [1.82, 2.24) is 0 Å². The summed E-state index contributed by atoms with van der Waals surface area (Å²) in [5.41, 5.74) is 2.12. The Bertz CT molecular complexity index is 194. The molecule has 0 unspecified atom stereocenters. The highest BCUT2D eigenvalue weighted by molar-refractivity contribution is 5.85. The number of halogens is 1. The highest BCUT2D eigenvalue weighted by atomic mass is 127. The van der Waals surface area contributed by atoms with Crippen molar-refractivity contribution in [2.75, 3.05) is 13.6 Å². The Balaban J connectivity index is 0.00000144. The first-order chi connectivity index (χ1) is 5.58. The van der Waals surface area contributed by atoms with Crippen LogP contribution in [0.1, 0.15) is 46.5 Å². The maximum Gasteiger partial charge on any atom is 0.157 e. The number of hydrogen-bond donors (Lipinski definition) is 0. The van der Waals surface area contributed by atoms with E-state index in [-0.39, 0.29) is 24.0 Å². The molecule has 0 saturated heterocycles. The van der Waals surface area contributed by atoms with E-state index in [0.29, 0.717) is 5.41 Å². The van der Waals surface area contributed by atoms with Gasteiger partial charge in [0.25, 0.3) is 0 Å². The van der Waals surface area contributed by atoms with Gasteiger partial charge in [0.2, 0.25) is 0 Å². The van der Waals surface area contributed by atoms with Gasteiger partial charge in [-0.15, -0.1) is 0 Å². The molecule has 78 valence electrons. The van der Waals surface area contributed by atoms with E-state index in [9.17, 15) is 0 Å². The van der Waals surface area contributed by atoms with E-state index >= 15 is 0 Å². The molecule has 0 aliphatic carbocycles. The fourth-order valence-electron chi connectivity index (χ4n) is 2.32. The molecule has 1 heterocycles. The van der Waals surface area contributed by atoms with Crippen LogP contribution < -0.4 is 24.0 Å². The highest BCUT2D eigenvalue weighted by Gasteiger charge is 2.33. The summed E-state index contributed by atoms with van der Waals surface area (Å²) in [7, 11) is 2.24. The zero-order chi connectivity index (χ0) is 9.19. The molecule has 0 aromatic heterocycles. The molecular weight excluding hydrogens is 273 g/mol. The van der Waals surface area contributed by atoms with Gasteiger partial charge in [-0.2, -0.15) is 0 Å². The average molecular weight is 295 g/mol. The quantitative estimate of drug-likeness (QED) is 0.486. The monoisotopic (exact) mass is 295 g/mol.